The van der Waals surface area contributed by atoms with E-state index in [1.54, 1.807) is 17.7 Å². The summed E-state index contributed by atoms with van der Waals surface area (Å²) in [6.45, 7) is 2.74. The molecule has 0 aliphatic rings. The highest BCUT2D eigenvalue weighted by Crippen LogP contribution is 2.19. The SMILES string of the molecule is CCc1ccc(CC(O)Cn2cnc3ccccc32)s1. The molecular formula is C16H18N2OS. The molecule has 0 saturated carbocycles. The number of aliphatic hydroxyl groups excluding tert-OH is 1. The average Bonchev–Trinajstić information content (AvgIpc) is 3.06. The first kappa shape index (κ1) is 13.3. The van der Waals surface area contributed by atoms with Crippen molar-refractivity contribution in [2.24, 2.45) is 0 Å². The zero-order valence-corrected chi connectivity index (χ0v) is 12.3. The first-order chi connectivity index (χ1) is 9.76. The van der Waals surface area contributed by atoms with Crippen molar-refractivity contribution in [3.8, 4) is 0 Å². The van der Waals surface area contributed by atoms with E-state index in [9.17, 15) is 5.11 Å². The Balaban J connectivity index is 1.70. The maximum atomic E-state index is 10.3. The van der Waals surface area contributed by atoms with Gasteiger partial charge < -0.3 is 9.67 Å². The number of aliphatic hydroxyl groups is 1. The van der Waals surface area contributed by atoms with Crippen LogP contribution in [0.3, 0.4) is 0 Å². The van der Waals surface area contributed by atoms with E-state index in [0.717, 1.165) is 17.5 Å². The molecule has 0 saturated heterocycles. The van der Waals surface area contributed by atoms with Gasteiger partial charge >= 0.3 is 0 Å². The van der Waals surface area contributed by atoms with Crippen molar-refractivity contribution in [1.29, 1.82) is 0 Å². The number of aromatic nitrogens is 2. The molecule has 0 fully saturated rings. The Morgan fingerprint density at radius 2 is 2.00 bits per heavy atom. The molecule has 1 atom stereocenters. The summed E-state index contributed by atoms with van der Waals surface area (Å²) in [5, 5.41) is 10.3. The molecule has 0 aliphatic carbocycles. The van der Waals surface area contributed by atoms with Crippen molar-refractivity contribution in [1.82, 2.24) is 9.55 Å². The summed E-state index contributed by atoms with van der Waals surface area (Å²) >= 11 is 1.79. The number of hydrogen-bond donors (Lipinski definition) is 1. The van der Waals surface area contributed by atoms with Gasteiger partial charge in [-0.15, -0.1) is 11.3 Å². The summed E-state index contributed by atoms with van der Waals surface area (Å²) in [5.41, 5.74) is 2.05. The van der Waals surface area contributed by atoms with E-state index in [2.05, 4.69) is 24.0 Å². The lowest BCUT2D eigenvalue weighted by molar-refractivity contribution is 0.156. The first-order valence-electron chi connectivity index (χ1n) is 6.92. The van der Waals surface area contributed by atoms with Gasteiger partial charge in [-0.05, 0) is 30.7 Å². The summed E-state index contributed by atoms with van der Waals surface area (Å²) in [6, 6.07) is 12.3. The molecule has 2 heterocycles. The summed E-state index contributed by atoms with van der Waals surface area (Å²) in [5.74, 6) is 0. The Bertz CT molecular complexity index is 701. The van der Waals surface area contributed by atoms with Crippen LogP contribution in [-0.2, 0) is 19.4 Å². The predicted octanol–water partition coefficient (Wildman–Crippen LogP) is 3.26. The van der Waals surface area contributed by atoms with Crippen LogP contribution in [0.5, 0.6) is 0 Å². The van der Waals surface area contributed by atoms with E-state index in [0.29, 0.717) is 13.0 Å². The molecule has 0 bridgehead atoms. The fourth-order valence-corrected chi connectivity index (χ4v) is 3.43. The zero-order chi connectivity index (χ0) is 13.9. The van der Waals surface area contributed by atoms with Gasteiger partial charge in [0.1, 0.15) is 0 Å². The predicted molar refractivity (Wildman–Crippen MR) is 83.1 cm³/mol. The third kappa shape index (κ3) is 2.76. The Labute approximate surface area is 122 Å². The number of benzene rings is 1. The molecule has 1 aromatic carbocycles. The van der Waals surface area contributed by atoms with Gasteiger partial charge in [0.05, 0.1) is 30.0 Å². The number of nitrogens with zero attached hydrogens (tertiary/aromatic N) is 2. The van der Waals surface area contributed by atoms with Crippen LogP contribution < -0.4 is 0 Å². The van der Waals surface area contributed by atoms with Crippen LogP contribution in [0.15, 0.2) is 42.7 Å². The number of hydrogen-bond acceptors (Lipinski definition) is 3. The Morgan fingerprint density at radius 3 is 2.80 bits per heavy atom. The quantitative estimate of drug-likeness (QED) is 0.781. The van der Waals surface area contributed by atoms with Gasteiger partial charge in [0.2, 0.25) is 0 Å². The number of aryl methyl sites for hydroxylation is 1. The van der Waals surface area contributed by atoms with Gasteiger partial charge in [-0.1, -0.05) is 19.1 Å². The molecule has 0 amide bonds. The lowest BCUT2D eigenvalue weighted by atomic mass is 10.2. The van der Waals surface area contributed by atoms with E-state index in [4.69, 9.17) is 0 Å². The molecule has 1 N–H and O–H groups in total. The van der Waals surface area contributed by atoms with Crippen LogP contribution >= 0.6 is 11.3 Å². The highest BCUT2D eigenvalue weighted by molar-refractivity contribution is 7.11. The maximum absolute atomic E-state index is 10.3. The van der Waals surface area contributed by atoms with Crippen molar-refractivity contribution in [3.63, 3.8) is 0 Å². The van der Waals surface area contributed by atoms with Crippen LogP contribution in [-0.4, -0.2) is 20.8 Å². The van der Waals surface area contributed by atoms with Crippen LogP contribution in [0, 0.1) is 0 Å². The highest BCUT2D eigenvalue weighted by Gasteiger charge is 2.10. The highest BCUT2D eigenvalue weighted by atomic mass is 32.1. The number of imidazole rings is 1. The number of fused-ring (bicyclic) bond motifs is 1. The molecule has 0 aliphatic heterocycles. The topological polar surface area (TPSA) is 38.0 Å². The lowest BCUT2D eigenvalue weighted by Gasteiger charge is -2.11. The standard InChI is InChI=1S/C16H18N2OS/c1-2-13-7-8-14(20-13)9-12(19)10-18-11-17-15-5-3-4-6-16(15)18/h3-8,11-12,19H,2,9-10H2,1H3. The minimum absolute atomic E-state index is 0.379. The van der Waals surface area contributed by atoms with Crippen molar-refractivity contribution in [2.75, 3.05) is 0 Å². The number of rotatable bonds is 5. The zero-order valence-electron chi connectivity index (χ0n) is 11.5. The lowest BCUT2D eigenvalue weighted by Crippen LogP contribution is -2.17. The molecule has 1 unspecified atom stereocenters. The molecule has 0 radical (unpaired) electrons. The Kier molecular flexibility index (Phi) is 3.85. The van der Waals surface area contributed by atoms with Crippen LogP contribution in [0.4, 0.5) is 0 Å². The molecule has 2 aromatic heterocycles. The number of thiophene rings is 1. The van der Waals surface area contributed by atoms with Gasteiger partial charge in [0, 0.05) is 16.2 Å². The Hall–Kier alpha value is -1.65. The second-order valence-corrected chi connectivity index (χ2v) is 6.22. The summed E-state index contributed by atoms with van der Waals surface area (Å²) in [4.78, 5) is 6.97. The molecule has 20 heavy (non-hydrogen) atoms. The van der Waals surface area contributed by atoms with Crippen molar-refractivity contribution in [3.05, 3.63) is 52.5 Å². The smallest absolute Gasteiger partial charge is 0.0959 e. The Morgan fingerprint density at radius 1 is 1.20 bits per heavy atom. The third-order valence-corrected chi connectivity index (χ3v) is 4.69. The van der Waals surface area contributed by atoms with Gasteiger partial charge in [0.25, 0.3) is 0 Å². The molecule has 104 valence electrons. The van der Waals surface area contributed by atoms with Gasteiger partial charge in [-0.3, -0.25) is 0 Å². The summed E-state index contributed by atoms with van der Waals surface area (Å²) in [6.07, 6.45) is 3.19. The minimum atomic E-state index is -0.379. The van der Waals surface area contributed by atoms with Crippen molar-refractivity contribution < 1.29 is 5.11 Å². The van der Waals surface area contributed by atoms with E-state index in [1.807, 2.05) is 28.8 Å². The fraction of sp³-hybridized carbons (Fsp3) is 0.312. The van der Waals surface area contributed by atoms with E-state index >= 15 is 0 Å². The molecular weight excluding hydrogens is 268 g/mol. The van der Waals surface area contributed by atoms with Crippen LogP contribution in [0.25, 0.3) is 11.0 Å². The molecule has 3 nitrogen and oxygen atoms in total. The molecule has 4 heteroatoms. The molecule has 3 rings (SSSR count). The average molecular weight is 286 g/mol. The molecule has 0 spiro atoms. The van der Waals surface area contributed by atoms with Crippen molar-refractivity contribution >= 4 is 22.4 Å². The van der Waals surface area contributed by atoms with Gasteiger partial charge in [-0.25, -0.2) is 4.98 Å². The third-order valence-electron chi connectivity index (χ3n) is 3.44. The van der Waals surface area contributed by atoms with Crippen LogP contribution in [0.2, 0.25) is 0 Å². The van der Waals surface area contributed by atoms with Crippen molar-refractivity contribution in [2.45, 2.75) is 32.4 Å². The monoisotopic (exact) mass is 286 g/mol. The minimum Gasteiger partial charge on any atom is -0.391 e. The van der Waals surface area contributed by atoms with Gasteiger partial charge in [0.15, 0.2) is 0 Å². The van der Waals surface area contributed by atoms with E-state index < -0.39 is 0 Å². The van der Waals surface area contributed by atoms with Crippen LogP contribution in [0.1, 0.15) is 16.7 Å². The molecule has 3 aromatic rings. The normalized spacial score (nSPS) is 12.9. The van der Waals surface area contributed by atoms with E-state index in [1.165, 1.54) is 9.75 Å². The van der Waals surface area contributed by atoms with E-state index in [-0.39, 0.29) is 6.10 Å². The largest absolute Gasteiger partial charge is 0.391 e. The maximum Gasteiger partial charge on any atom is 0.0959 e. The summed E-state index contributed by atoms with van der Waals surface area (Å²) in [7, 11) is 0. The second kappa shape index (κ2) is 5.77. The first-order valence-corrected chi connectivity index (χ1v) is 7.73. The number of para-hydroxylation sites is 2. The fourth-order valence-electron chi connectivity index (χ4n) is 2.40. The second-order valence-electron chi connectivity index (χ2n) is 4.97. The van der Waals surface area contributed by atoms with Gasteiger partial charge in [-0.2, -0.15) is 0 Å². The summed E-state index contributed by atoms with van der Waals surface area (Å²) < 4.78 is 2.02.